The van der Waals surface area contributed by atoms with E-state index >= 15 is 0 Å². The van der Waals surface area contributed by atoms with Crippen LogP contribution in [0.3, 0.4) is 0 Å². The van der Waals surface area contributed by atoms with Gasteiger partial charge in [-0.15, -0.1) is 0 Å². The monoisotopic (exact) mass is 436 g/mol. The first-order valence-corrected chi connectivity index (χ1v) is 11.2. The maximum atomic E-state index is 12.7. The van der Waals surface area contributed by atoms with Crippen LogP contribution in [0.5, 0.6) is 0 Å². The molecular weight excluding hydrogens is 408 g/mol. The van der Waals surface area contributed by atoms with Crippen LogP contribution in [0.15, 0.2) is 60.7 Å². The molecule has 0 spiro atoms. The van der Waals surface area contributed by atoms with Gasteiger partial charge < -0.3 is 4.90 Å². The summed E-state index contributed by atoms with van der Waals surface area (Å²) in [6.45, 7) is 3.51. The highest BCUT2D eigenvalue weighted by Gasteiger charge is 2.28. The summed E-state index contributed by atoms with van der Waals surface area (Å²) in [6, 6.07) is 20.6. The summed E-state index contributed by atoms with van der Waals surface area (Å²) < 4.78 is 0. The van der Waals surface area contributed by atoms with Gasteiger partial charge in [-0.2, -0.15) is 5.10 Å². The van der Waals surface area contributed by atoms with E-state index in [9.17, 15) is 4.79 Å². The molecule has 0 radical (unpaired) electrons. The van der Waals surface area contributed by atoms with Gasteiger partial charge in [-0.25, -0.2) is 0 Å². The van der Waals surface area contributed by atoms with Crippen molar-refractivity contribution in [3.63, 3.8) is 0 Å². The summed E-state index contributed by atoms with van der Waals surface area (Å²) in [7, 11) is 2.15. The van der Waals surface area contributed by atoms with E-state index in [1.807, 2.05) is 47.4 Å². The third-order valence-electron chi connectivity index (χ3n) is 6.40. The minimum absolute atomic E-state index is 0.181. The predicted molar refractivity (Wildman–Crippen MR) is 125 cm³/mol. The average Bonchev–Trinajstić information content (AvgIpc) is 3.22. The normalized spacial score (nSPS) is 18.3. The van der Waals surface area contributed by atoms with Crippen molar-refractivity contribution in [2.75, 3.05) is 13.6 Å². The van der Waals surface area contributed by atoms with E-state index in [0.29, 0.717) is 19.0 Å². The van der Waals surface area contributed by atoms with Crippen molar-refractivity contribution < 1.29 is 4.79 Å². The number of halogens is 1. The van der Waals surface area contributed by atoms with E-state index in [2.05, 4.69) is 47.3 Å². The summed E-state index contributed by atoms with van der Waals surface area (Å²) >= 11 is 6.31. The second kappa shape index (κ2) is 9.67. The van der Waals surface area contributed by atoms with Crippen LogP contribution in [0.4, 0.5) is 0 Å². The highest BCUT2D eigenvalue weighted by Crippen LogP contribution is 2.28. The van der Waals surface area contributed by atoms with Crippen LogP contribution in [-0.2, 0) is 11.3 Å². The molecule has 4 rings (SSSR count). The molecule has 1 fully saturated rings. The smallest absolute Gasteiger partial charge is 0.222 e. The zero-order valence-electron chi connectivity index (χ0n) is 18.1. The second-order valence-electron chi connectivity index (χ2n) is 8.30. The zero-order chi connectivity index (χ0) is 21.8. The van der Waals surface area contributed by atoms with Crippen LogP contribution < -0.4 is 0 Å². The van der Waals surface area contributed by atoms with E-state index in [4.69, 9.17) is 11.6 Å². The van der Waals surface area contributed by atoms with Gasteiger partial charge in [0.05, 0.1) is 11.4 Å². The van der Waals surface area contributed by atoms with Crippen molar-refractivity contribution in [1.82, 2.24) is 20.0 Å². The molecule has 2 unspecified atom stereocenters. The van der Waals surface area contributed by atoms with Crippen LogP contribution in [-0.4, -0.2) is 45.5 Å². The number of nitrogens with zero attached hydrogens (tertiary/aromatic N) is 3. The molecule has 1 aliphatic rings. The number of H-pyrrole nitrogens is 1. The number of hydrogen-bond donors (Lipinski definition) is 1. The number of nitrogens with one attached hydrogen (secondary N) is 1. The standard InChI is InChI=1S/C25H29ClN4O/c1-18(23-16-24(28-27-23)19-8-4-3-5-9-19)29(2)21-12-13-25(31)30(15-14-21)17-20-10-6-7-11-22(20)26/h3-11,16,18,21H,12-15,17H2,1-2H3,(H,27,28). The quantitative estimate of drug-likeness (QED) is 0.570. The van der Waals surface area contributed by atoms with Crippen molar-refractivity contribution in [3.05, 3.63) is 76.9 Å². The predicted octanol–water partition coefficient (Wildman–Crippen LogP) is 5.30. The number of aromatic nitrogens is 2. The molecule has 1 amide bonds. The van der Waals surface area contributed by atoms with Gasteiger partial charge in [0, 0.05) is 42.2 Å². The summed E-state index contributed by atoms with van der Waals surface area (Å²) in [5.74, 6) is 0.205. The number of benzene rings is 2. The molecule has 1 saturated heterocycles. The van der Waals surface area contributed by atoms with Gasteiger partial charge in [-0.1, -0.05) is 60.1 Å². The fourth-order valence-electron chi connectivity index (χ4n) is 4.27. The van der Waals surface area contributed by atoms with Crippen LogP contribution in [0.2, 0.25) is 5.02 Å². The first-order chi connectivity index (χ1) is 15.0. The minimum atomic E-state index is 0.181. The number of amides is 1. The topological polar surface area (TPSA) is 52.2 Å². The molecule has 162 valence electrons. The first-order valence-electron chi connectivity index (χ1n) is 10.9. The summed E-state index contributed by atoms with van der Waals surface area (Å²) in [5.41, 5.74) is 4.15. The Morgan fingerprint density at radius 2 is 1.90 bits per heavy atom. The molecule has 2 heterocycles. The Morgan fingerprint density at radius 1 is 1.16 bits per heavy atom. The lowest BCUT2D eigenvalue weighted by Crippen LogP contribution is -2.35. The highest BCUT2D eigenvalue weighted by molar-refractivity contribution is 6.31. The van der Waals surface area contributed by atoms with Crippen molar-refractivity contribution in [3.8, 4) is 11.3 Å². The maximum absolute atomic E-state index is 12.7. The zero-order valence-corrected chi connectivity index (χ0v) is 18.8. The Hall–Kier alpha value is -2.63. The first kappa shape index (κ1) is 21.6. The molecule has 0 saturated carbocycles. The van der Waals surface area contributed by atoms with E-state index < -0.39 is 0 Å². The lowest BCUT2D eigenvalue weighted by atomic mass is 10.0. The Bertz CT molecular complexity index is 1020. The molecule has 0 aliphatic carbocycles. The van der Waals surface area contributed by atoms with Crippen molar-refractivity contribution in [1.29, 1.82) is 0 Å². The van der Waals surface area contributed by atoms with Crippen molar-refractivity contribution in [2.45, 2.75) is 44.8 Å². The number of hydrogen-bond acceptors (Lipinski definition) is 3. The van der Waals surface area contributed by atoms with Crippen LogP contribution >= 0.6 is 11.6 Å². The molecule has 1 N–H and O–H groups in total. The van der Waals surface area contributed by atoms with E-state index in [1.165, 1.54) is 0 Å². The van der Waals surface area contributed by atoms with Crippen LogP contribution in [0.25, 0.3) is 11.3 Å². The third kappa shape index (κ3) is 5.00. The minimum Gasteiger partial charge on any atom is -0.338 e. The van der Waals surface area contributed by atoms with Gasteiger partial charge in [-0.05, 0) is 44.5 Å². The fourth-order valence-corrected chi connectivity index (χ4v) is 4.47. The van der Waals surface area contributed by atoms with E-state index in [0.717, 1.165) is 46.9 Å². The maximum Gasteiger partial charge on any atom is 0.222 e. The SMILES string of the molecule is CC(c1cc(-c2ccccc2)n[nH]1)N(C)C1CCC(=O)N(Cc2ccccc2Cl)CC1. The molecule has 6 heteroatoms. The third-order valence-corrected chi connectivity index (χ3v) is 6.77. The number of likely N-dealkylation sites (tertiary alicyclic amines) is 1. The molecule has 1 aromatic heterocycles. The lowest BCUT2D eigenvalue weighted by molar-refractivity contribution is -0.131. The molecule has 3 aromatic rings. The van der Waals surface area contributed by atoms with Crippen molar-refractivity contribution >= 4 is 17.5 Å². The van der Waals surface area contributed by atoms with Gasteiger partial charge in [0.25, 0.3) is 0 Å². The van der Waals surface area contributed by atoms with Gasteiger partial charge in [0.1, 0.15) is 0 Å². The Kier molecular flexibility index (Phi) is 6.73. The summed E-state index contributed by atoms with van der Waals surface area (Å²) in [5, 5.41) is 8.44. The molecule has 2 aromatic carbocycles. The molecule has 0 bridgehead atoms. The number of carbonyl (C=O) groups excluding carboxylic acids is 1. The number of rotatable bonds is 6. The molecule has 31 heavy (non-hydrogen) atoms. The van der Waals surface area contributed by atoms with Crippen molar-refractivity contribution in [2.24, 2.45) is 0 Å². The molecule has 5 nitrogen and oxygen atoms in total. The van der Waals surface area contributed by atoms with Crippen LogP contribution in [0, 0.1) is 0 Å². The average molecular weight is 437 g/mol. The van der Waals surface area contributed by atoms with Gasteiger partial charge >= 0.3 is 0 Å². The van der Waals surface area contributed by atoms with E-state index in [-0.39, 0.29) is 11.9 Å². The molecule has 2 atom stereocenters. The van der Waals surface area contributed by atoms with Gasteiger partial charge in [-0.3, -0.25) is 14.8 Å². The fraction of sp³-hybridized carbons (Fsp3) is 0.360. The Balaban J connectivity index is 1.41. The number of aromatic amines is 1. The largest absolute Gasteiger partial charge is 0.338 e. The van der Waals surface area contributed by atoms with Gasteiger partial charge in [0.2, 0.25) is 5.91 Å². The molecule has 1 aliphatic heterocycles. The highest BCUT2D eigenvalue weighted by atomic mass is 35.5. The Labute approximate surface area is 189 Å². The second-order valence-corrected chi connectivity index (χ2v) is 8.71. The Morgan fingerprint density at radius 3 is 2.68 bits per heavy atom. The molecular formula is C25H29ClN4O. The van der Waals surface area contributed by atoms with Crippen LogP contribution in [0.1, 0.15) is 43.5 Å². The summed E-state index contributed by atoms with van der Waals surface area (Å²) in [4.78, 5) is 17.1. The summed E-state index contributed by atoms with van der Waals surface area (Å²) in [6.07, 6.45) is 2.36. The van der Waals surface area contributed by atoms with E-state index in [1.54, 1.807) is 0 Å². The lowest BCUT2D eigenvalue weighted by Gasteiger charge is -2.32. The number of carbonyl (C=O) groups is 1. The van der Waals surface area contributed by atoms with Gasteiger partial charge in [0.15, 0.2) is 0 Å².